The highest BCUT2D eigenvalue weighted by atomic mass is 16.2. The summed E-state index contributed by atoms with van der Waals surface area (Å²) in [7, 11) is 0. The fourth-order valence-electron chi connectivity index (χ4n) is 1.08. The molecule has 14 heavy (non-hydrogen) atoms. The van der Waals surface area contributed by atoms with Crippen molar-refractivity contribution in [3.63, 3.8) is 0 Å². The smallest absolute Gasteiger partial charge is 0.349 e. The molecule has 0 saturated heterocycles. The number of anilines is 1. The van der Waals surface area contributed by atoms with E-state index in [4.69, 9.17) is 5.73 Å². The Balaban J connectivity index is 2.66. The van der Waals surface area contributed by atoms with Crippen LogP contribution in [0.15, 0.2) is 27.9 Å². The van der Waals surface area contributed by atoms with Gasteiger partial charge in [-0.15, -0.1) is 0 Å². The highest BCUT2D eigenvalue weighted by molar-refractivity contribution is 5.36. The molecule has 2 rings (SSSR count). The molecule has 0 aromatic carbocycles. The molecule has 0 spiro atoms. The average Bonchev–Trinajstić information content (AvgIpc) is 2.49. The van der Waals surface area contributed by atoms with E-state index in [2.05, 4.69) is 15.2 Å². The molecule has 0 aliphatic carbocycles. The number of nitrogen functional groups attached to an aromatic ring is 1. The number of nitrogens with zero attached hydrogens (tertiary/aromatic N) is 2. The Morgan fingerprint density at radius 1 is 1.21 bits per heavy atom. The zero-order valence-electron chi connectivity index (χ0n) is 7.02. The minimum atomic E-state index is -0.540. The number of hydrogen-bond donors (Lipinski definition) is 3. The quantitative estimate of drug-likeness (QED) is 0.530. The van der Waals surface area contributed by atoms with Gasteiger partial charge >= 0.3 is 11.4 Å². The van der Waals surface area contributed by atoms with Crippen LogP contribution in [0.4, 0.5) is 5.82 Å². The first-order valence-corrected chi connectivity index (χ1v) is 3.80. The molecule has 0 unspecified atom stereocenters. The van der Waals surface area contributed by atoms with E-state index in [0.29, 0.717) is 11.5 Å². The van der Waals surface area contributed by atoms with E-state index in [1.807, 2.05) is 0 Å². The Kier molecular flexibility index (Phi) is 1.70. The number of nitrogens with two attached hydrogens (primary N) is 1. The minimum Gasteiger partial charge on any atom is -0.384 e. The second-order valence-corrected chi connectivity index (χ2v) is 2.64. The molecular formula is C7H7N5O2. The predicted octanol–water partition coefficient (Wildman–Crippen LogP) is -1.17. The van der Waals surface area contributed by atoms with Crippen LogP contribution >= 0.6 is 0 Å². The van der Waals surface area contributed by atoms with Crippen LogP contribution in [0.25, 0.3) is 5.69 Å². The fraction of sp³-hybridized carbons (Fsp3) is 0. The van der Waals surface area contributed by atoms with E-state index in [-0.39, 0.29) is 0 Å². The van der Waals surface area contributed by atoms with E-state index in [1.54, 1.807) is 0 Å². The monoisotopic (exact) mass is 193 g/mol. The molecule has 0 saturated carbocycles. The number of pyridine rings is 1. The summed E-state index contributed by atoms with van der Waals surface area (Å²) in [6.07, 6.45) is 1.35. The highest BCUT2D eigenvalue weighted by Crippen LogP contribution is 2.02. The Labute approximate surface area is 77.2 Å². The standard InChI is InChI=1S/C7H7N5O2/c8-5-2-1-4(3-9-5)12-6(13)10-11-7(12)14/h1-3H,(H2,8,9)(H,10,13)(H,11,14). The van der Waals surface area contributed by atoms with Crippen molar-refractivity contribution in [3.8, 4) is 5.69 Å². The third-order valence-corrected chi connectivity index (χ3v) is 1.71. The van der Waals surface area contributed by atoms with Gasteiger partial charge in [0.2, 0.25) is 0 Å². The van der Waals surface area contributed by atoms with Crippen LogP contribution in [0.5, 0.6) is 0 Å². The number of aromatic amines is 2. The topological polar surface area (TPSA) is 110 Å². The molecule has 2 aromatic heterocycles. The van der Waals surface area contributed by atoms with Gasteiger partial charge in [0.25, 0.3) is 0 Å². The fourth-order valence-corrected chi connectivity index (χ4v) is 1.08. The molecule has 0 aliphatic heterocycles. The molecule has 0 atom stereocenters. The number of rotatable bonds is 1. The van der Waals surface area contributed by atoms with Gasteiger partial charge in [0, 0.05) is 0 Å². The lowest BCUT2D eigenvalue weighted by molar-refractivity contribution is 0.943. The molecule has 72 valence electrons. The van der Waals surface area contributed by atoms with Crippen LogP contribution in [0, 0.1) is 0 Å². The molecule has 2 aromatic rings. The van der Waals surface area contributed by atoms with Crippen LogP contribution in [0.1, 0.15) is 0 Å². The van der Waals surface area contributed by atoms with Crippen molar-refractivity contribution in [1.82, 2.24) is 19.7 Å². The van der Waals surface area contributed by atoms with E-state index >= 15 is 0 Å². The largest absolute Gasteiger partial charge is 0.384 e. The van der Waals surface area contributed by atoms with Crippen LogP contribution in [-0.4, -0.2) is 19.7 Å². The van der Waals surface area contributed by atoms with Gasteiger partial charge in [0.05, 0.1) is 11.9 Å². The van der Waals surface area contributed by atoms with Gasteiger partial charge in [-0.25, -0.2) is 29.3 Å². The van der Waals surface area contributed by atoms with Crippen LogP contribution in [0.2, 0.25) is 0 Å². The Morgan fingerprint density at radius 2 is 1.86 bits per heavy atom. The maximum atomic E-state index is 11.1. The van der Waals surface area contributed by atoms with Crippen LogP contribution in [0.3, 0.4) is 0 Å². The molecule has 4 N–H and O–H groups in total. The van der Waals surface area contributed by atoms with Crippen LogP contribution in [-0.2, 0) is 0 Å². The molecule has 7 nitrogen and oxygen atoms in total. The number of H-pyrrole nitrogens is 2. The van der Waals surface area contributed by atoms with Gasteiger partial charge in [-0.05, 0) is 12.1 Å². The average molecular weight is 193 g/mol. The van der Waals surface area contributed by atoms with Gasteiger partial charge in [0.1, 0.15) is 5.82 Å². The van der Waals surface area contributed by atoms with E-state index < -0.39 is 11.4 Å². The SMILES string of the molecule is Nc1ccc(-n2c(=O)[nH][nH]c2=O)cn1. The van der Waals surface area contributed by atoms with E-state index in [0.717, 1.165) is 4.57 Å². The third kappa shape index (κ3) is 1.20. The van der Waals surface area contributed by atoms with Crippen molar-refractivity contribution in [2.24, 2.45) is 0 Å². The molecule has 0 aliphatic rings. The summed E-state index contributed by atoms with van der Waals surface area (Å²) in [5, 5.41) is 4.32. The Morgan fingerprint density at radius 3 is 2.36 bits per heavy atom. The first-order chi connectivity index (χ1) is 6.68. The zero-order valence-corrected chi connectivity index (χ0v) is 7.02. The molecule has 2 heterocycles. The Bertz CT molecular complexity index is 519. The molecular weight excluding hydrogens is 186 g/mol. The summed E-state index contributed by atoms with van der Waals surface area (Å²) >= 11 is 0. The summed E-state index contributed by atoms with van der Waals surface area (Å²) in [6, 6.07) is 3.04. The van der Waals surface area contributed by atoms with E-state index in [1.165, 1.54) is 18.3 Å². The van der Waals surface area contributed by atoms with Gasteiger partial charge in [0.15, 0.2) is 0 Å². The molecule has 0 amide bonds. The van der Waals surface area contributed by atoms with Gasteiger partial charge in [-0.2, -0.15) is 0 Å². The third-order valence-electron chi connectivity index (χ3n) is 1.71. The van der Waals surface area contributed by atoms with Gasteiger partial charge < -0.3 is 5.73 Å². The van der Waals surface area contributed by atoms with Crippen molar-refractivity contribution in [3.05, 3.63) is 39.3 Å². The molecule has 0 fully saturated rings. The van der Waals surface area contributed by atoms with E-state index in [9.17, 15) is 9.59 Å². The normalized spacial score (nSPS) is 10.3. The Hall–Kier alpha value is -2.31. The zero-order chi connectivity index (χ0) is 10.1. The summed E-state index contributed by atoms with van der Waals surface area (Å²) in [6.45, 7) is 0. The minimum absolute atomic E-state index is 0.328. The summed E-state index contributed by atoms with van der Waals surface area (Å²) in [5.74, 6) is 0.328. The summed E-state index contributed by atoms with van der Waals surface area (Å²) < 4.78 is 0.923. The summed E-state index contributed by atoms with van der Waals surface area (Å²) in [4.78, 5) is 26.1. The number of hydrogen-bond acceptors (Lipinski definition) is 4. The lowest BCUT2D eigenvalue weighted by atomic mass is 10.4. The van der Waals surface area contributed by atoms with Gasteiger partial charge in [-0.3, -0.25) is 0 Å². The van der Waals surface area contributed by atoms with Crippen molar-refractivity contribution < 1.29 is 0 Å². The van der Waals surface area contributed by atoms with Crippen molar-refractivity contribution >= 4 is 5.82 Å². The first-order valence-electron chi connectivity index (χ1n) is 3.80. The molecule has 0 radical (unpaired) electrons. The molecule has 0 bridgehead atoms. The summed E-state index contributed by atoms with van der Waals surface area (Å²) in [5.41, 5.74) is 4.65. The molecule has 7 heteroatoms. The second-order valence-electron chi connectivity index (χ2n) is 2.64. The second kappa shape index (κ2) is 2.87. The van der Waals surface area contributed by atoms with Crippen molar-refractivity contribution in [2.45, 2.75) is 0 Å². The lowest BCUT2D eigenvalue weighted by Gasteiger charge is -1.97. The maximum absolute atomic E-state index is 11.1. The maximum Gasteiger partial charge on any atom is 0.349 e. The van der Waals surface area contributed by atoms with Crippen molar-refractivity contribution in [2.75, 3.05) is 5.73 Å². The number of nitrogens with one attached hydrogen (secondary N) is 2. The lowest BCUT2D eigenvalue weighted by Crippen LogP contribution is -2.24. The number of aromatic nitrogens is 4. The predicted molar refractivity (Wildman–Crippen MR) is 49.2 cm³/mol. The van der Waals surface area contributed by atoms with Crippen LogP contribution < -0.4 is 17.1 Å². The first kappa shape index (κ1) is 8.30. The highest BCUT2D eigenvalue weighted by Gasteiger charge is 2.04. The van der Waals surface area contributed by atoms with Gasteiger partial charge in [-0.1, -0.05) is 0 Å². The van der Waals surface area contributed by atoms with Crippen molar-refractivity contribution in [1.29, 1.82) is 0 Å².